The number of ketones is 1. The molecule has 190 valence electrons. The molecule has 1 fully saturated rings. The van der Waals surface area contributed by atoms with Crippen LogP contribution in [0.5, 0.6) is 0 Å². The molecule has 1 spiro atoms. The Hall–Kier alpha value is -3.95. The first-order chi connectivity index (χ1) is 17.9. The van der Waals surface area contributed by atoms with Gasteiger partial charge in [-0.05, 0) is 24.6 Å². The van der Waals surface area contributed by atoms with Gasteiger partial charge in [-0.2, -0.15) is 0 Å². The Morgan fingerprint density at radius 1 is 1.03 bits per heavy atom. The third kappa shape index (κ3) is 3.42. The van der Waals surface area contributed by atoms with Gasteiger partial charge in [0.05, 0.1) is 18.8 Å². The summed E-state index contributed by atoms with van der Waals surface area (Å²) in [4.78, 5) is 46.6. The number of hydrogen-bond donors (Lipinski definition) is 1. The van der Waals surface area contributed by atoms with Crippen LogP contribution in [0.15, 0.2) is 70.3 Å². The Balaban J connectivity index is 1.44. The van der Waals surface area contributed by atoms with Crippen molar-refractivity contribution in [2.24, 2.45) is 0 Å². The molecule has 0 radical (unpaired) electrons. The van der Waals surface area contributed by atoms with Crippen LogP contribution in [-0.2, 0) is 19.9 Å². The number of aliphatic hydroxyl groups is 1. The summed E-state index contributed by atoms with van der Waals surface area (Å²) in [7, 11) is 1.62. The van der Waals surface area contributed by atoms with Gasteiger partial charge in [0, 0.05) is 49.9 Å². The first-order valence-electron chi connectivity index (χ1n) is 12.4. The number of anilines is 1. The number of furan rings is 1. The lowest BCUT2D eigenvalue weighted by Gasteiger charge is -2.36. The number of benzene rings is 2. The topological polar surface area (TPSA) is 104 Å². The molecule has 6 rings (SSSR count). The molecule has 0 aliphatic carbocycles. The molecular formula is C28H27N3O6. The third-order valence-electron chi connectivity index (χ3n) is 7.56. The molecule has 0 bridgehead atoms. The fourth-order valence-electron chi connectivity index (χ4n) is 5.77. The Labute approximate surface area is 213 Å². The van der Waals surface area contributed by atoms with Gasteiger partial charge in [0.15, 0.2) is 17.1 Å². The van der Waals surface area contributed by atoms with E-state index in [1.54, 1.807) is 55.6 Å². The molecule has 37 heavy (non-hydrogen) atoms. The normalized spacial score (nSPS) is 22.1. The van der Waals surface area contributed by atoms with Gasteiger partial charge in [-0.25, -0.2) is 0 Å². The molecule has 9 nitrogen and oxygen atoms in total. The van der Waals surface area contributed by atoms with Gasteiger partial charge in [0.1, 0.15) is 5.58 Å². The molecule has 1 N–H and O–H groups in total. The highest BCUT2D eigenvalue weighted by Crippen LogP contribution is 2.53. The quantitative estimate of drug-likeness (QED) is 0.518. The van der Waals surface area contributed by atoms with Gasteiger partial charge < -0.3 is 24.1 Å². The van der Waals surface area contributed by atoms with Crippen molar-refractivity contribution in [2.45, 2.75) is 12.0 Å². The number of fused-ring (bicyclic) bond motifs is 3. The number of Topliss-reactive ketones (excluding diaryl/α,β-unsaturated/α-hetero) is 1. The highest BCUT2D eigenvalue weighted by molar-refractivity contribution is 6.26. The van der Waals surface area contributed by atoms with Crippen LogP contribution in [0, 0.1) is 0 Å². The summed E-state index contributed by atoms with van der Waals surface area (Å²) in [5.74, 6) is -2.63. The van der Waals surface area contributed by atoms with Crippen molar-refractivity contribution in [3.8, 4) is 0 Å². The minimum Gasteiger partial charge on any atom is -0.503 e. The SMILES string of the molecule is CN1C(=O)C2(C(C(=O)c3cc4ccccc4o3)=C(O)C(=O)N2CCCN2CCOCC2)c2ccccc21. The van der Waals surface area contributed by atoms with Crippen molar-refractivity contribution in [1.29, 1.82) is 0 Å². The van der Waals surface area contributed by atoms with Crippen molar-refractivity contribution in [3.05, 3.63) is 77.3 Å². The van der Waals surface area contributed by atoms with E-state index in [-0.39, 0.29) is 17.9 Å². The Kier molecular flexibility index (Phi) is 5.62. The van der Waals surface area contributed by atoms with Crippen LogP contribution in [0.2, 0.25) is 0 Å². The number of amides is 2. The number of carbonyl (C=O) groups excluding carboxylic acids is 3. The van der Waals surface area contributed by atoms with Crippen molar-refractivity contribution in [2.75, 3.05) is 51.3 Å². The van der Waals surface area contributed by atoms with E-state index >= 15 is 0 Å². The molecule has 3 aromatic rings. The predicted octanol–water partition coefficient (Wildman–Crippen LogP) is 2.86. The van der Waals surface area contributed by atoms with Crippen molar-refractivity contribution < 1.29 is 28.6 Å². The number of rotatable bonds is 6. The van der Waals surface area contributed by atoms with Crippen molar-refractivity contribution in [3.63, 3.8) is 0 Å². The molecule has 1 aromatic heterocycles. The zero-order chi connectivity index (χ0) is 25.7. The lowest BCUT2D eigenvalue weighted by Crippen LogP contribution is -2.54. The molecule has 0 saturated carbocycles. The highest BCUT2D eigenvalue weighted by atomic mass is 16.5. The summed E-state index contributed by atoms with van der Waals surface area (Å²) in [6.07, 6.45) is 0.562. The van der Waals surface area contributed by atoms with Crippen molar-refractivity contribution in [1.82, 2.24) is 9.80 Å². The fourth-order valence-corrected chi connectivity index (χ4v) is 5.77. The van der Waals surface area contributed by atoms with Crippen LogP contribution in [-0.4, -0.2) is 78.9 Å². The van der Waals surface area contributed by atoms with E-state index in [1.807, 2.05) is 6.07 Å². The van der Waals surface area contributed by atoms with Crippen LogP contribution < -0.4 is 4.90 Å². The number of likely N-dealkylation sites (N-methyl/N-ethyl adjacent to an activating group) is 1. The Morgan fingerprint density at radius 2 is 1.76 bits per heavy atom. The summed E-state index contributed by atoms with van der Waals surface area (Å²) in [5.41, 5.74) is -0.450. The Morgan fingerprint density at radius 3 is 2.54 bits per heavy atom. The summed E-state index contributed by atoms with van der Waals surface area (Å²) in [5, 5.41) is 11.9. The molecule has 1 unspecified atom stereocenters. The molecule has 1 atom stereocenters. The van der Waals surface area contributed by atoms with Gasteiger partial charge >= 0.3 is 0 Å². The van der Waals surface area contributed by atoms with Gasteiger partial charge in [0.2, 0.25) is 5.78 Å². The second kappa shape index (κ2) is 8.86. The molecule has 2 aromatic carbocycles. The van der Waals surface area contributed by atoms with E-state index in [2.05, 4.69) is 4.90 Å². The summed E-state index contributed by atoms with van der Waals surface area (Å²) in [6, 6.07) is 15.8. The molecule has 9 heteroatoms. The lowest BCUT2D eigenvalue weighted by molar-refractivity contribution is -0.139. The summed E-state index contributed by atoms with van der Waals surface area (Å²) < 4.78 is 11.2. The predicted molar refractivity (Wildman–Crippen MR) is 135 cm³/mol. The largest absolute Gasteiger partial charge is 0.503 e. The van der Waals surface area contributed by atoms with E-state index in [1.165, 1.54) is 9.80 Å². The maximum absolute atomic E-state index is 14.0. The van der Waals surface area contributed by atoms with E-state index in [9.17, 15) is 19.5 Å². The maximum atomic E-state index is 14.0. The number of ether oxygens (including phenoxy) is 1. The first-order valence-corrected chi connectivity index (χ1v) is 12.4. The maximum Gasteiger partial charge on any atom is 0.290 e. The Bertz CT molecular complexity index is 1420. The average molecular weight is 502 g/mol. The first kappa shape index (κ1) is 23.4. The van der Waals surface area contributed by atoms with Crippen LogP contribution >= 0.6 is 0 Å². The van der Waals surface area contributed by atoms with Crippen LogP contribution in [0.4, 0.5) is 5.69 Å². The van der Waals surface area contributed by atoms with Gasteiger partial charge in [0.25, 0.3) is 11.8 Å². The summed E-state index contributed by atoms with van der Waals surface area (Å²) >= 11 is 0. The minimum absolute atomic E-state index is 0.0371. The van der Waals surface area contributed by atoms with E-state index in [4.69, 9.17) is 9.15 Å². The number of carbonyl (C=O) groups is 3. The minimum atomic E-state index is -1.77. The van der Waals surface area contributed by atoms with Gasteiger partial charge in [-0.15, -0.1) is 0 Å². The number of morpholine rings is 1. The highest BCUT2D eigenvalue weighted by Gasteiger charge is 2.65. The van der Waals surface area contributed by atoms with E-state index < -0.39 is 28.9 Å². The average Bonchev–Trinajstić information content (AvgIpc) is 3.52. The fraction of sp³-hybridized carbons (Fsp3) is 0.321. The standard InChI is InChI=1S/C28H27N3O6/c1-29-20-9-4-3-8-19(20)28(27(29)35)23(24(32)22-17-18-7-2-5-10-21(18)37-22)25(33)26(34)31(28)12-6-11-30-13-15-36-16-14-30/h2-5,7-10,17,33H,6,11-16H2,1H3. The molecule has 1 saturated heterocycles. The second-order valence-electron chi connectivity index (χ2n) is 9.56. The van der Waals surface area contributed by atoms with Crippen LogP contribution in [0.25, 0.3) is 11.0 Å². The zero-order valence-corrected chi connectivity index (χ0v) is 20.5. The summed E-state index contributed by atoms with van der Waals surface area (Å²) in [6.45, 7) is 3.78. The number of para-hydroxylation sites is 2. The molecule has 2 amide bonds. The molecule has 3 aliphatic heterocycles. The number of nitrogens with zero attached hydrogens (tertiary/aromatic N) is 3. The molecule has 3 aliphatic rings. The van der Waals surface area contributed by atoms with Crippen molar-refractivity contribution >= 4 is 34.3 Å². The monoisotopic (exact) mass is 501 g/mol. The number of aliphatic hydroxyl groups excluding tert-OH is 1. The zero-order valence-electron chi connectivity index (χ0n) is 20.5. The van der Waals surface area contributed by atoms with E-state index in [0.29, 0.717) is 48.4 Å². The third-order valence-corrected chi connectivity index (χ3v) is 7.56. The molecular weight excluding hydrogens is 474 g/mol. The van der Waals surface area contributed by atoms with Gasteiger partial charge in [-0.1, -0.05) is 36.4 Å². The molecule has 4 heterocycles. The van der Waals surface area contributed by atoms with Gasteiger partial charge in [-0.3, -0.25) is 19.3 Å². The van der Waals surface area contributed by atoms with Crippen LogP contribution in [0.1, 0.15) is 22.5 Å². The number of hydrogen-bond acceptors (Lipinski definition) is 7. The lowest BCUT2D eigenvalue weighted by atomic mass is 9.81. The smallest absolute Gasteiger partial charge is 0.290 e. The van der Waals surface area contributed by atoms with E-state index in [0.717, 1.165) is 13.1 Å². The second-order valence-corrected chi connectivity index (χ2v) is 9.56. The van der Waals surface area contributed by atoms with Crippen LogP contribution in [0.3, 0.4) is 0 Å².